The van der Waals surface area contributed by atoms with E-state index in [1.165, 1.54) is 29.9 Å². The smallest absolute Gasteiger partial charge is 0.297 e. The standard InChI is InChI=1S/C22H25N3O5S.C2H6/c1-16-8-10-18(11-9-16)31(28,29)30-15-22(2,27)13-12-20(26)19-14-24-25(21(19)23)17-6-4-3-5-7-17;1-2/h3-11,14,27H,12-13,15,23H2,1-2H3;1-2H3. The third-order valence-corrected chi connectivity index (χ3v) is 6.11. The van der Waals surface area contributed by atoms with E-state index in [2.05, 4.69) is 5.10 Å². The van der Waals surface area contributed by atoms with Crippen molar-refractivity contribution in [2.45, 2.75) is 51.0 Å². The molecule has 0 aliphatic heterocycles. The predicted molar refractivity (Wildman–Crippen MR) is 128 cm³/mol. The fraction of sp³-hybridized carbons (Fsp3) is 0.333. The molecule has 9 heteroatoms. The number of aliphatic hydroxyl groups is 1. The number of hydrogen-bond donors (Lipinski definition) is 2. The Bertz CT molecular complexity index is 1150. The Balaban J connectivity index is 0.00000187. The number of hydrogen-bond acceptors (Lipinski definition) is 7. The minimum Gasteiger partial charge on any atom is -0.388 e. The molecule has 0 fully saturated rings. The molecule has 1 aromatic heterocycles. The van der Waals surface area contributed by atoms with Gasteiger partial charge < -0.3 is 10.8 Å². The van der Waals surface area contributed by atoms with Crippen molar-refractivity contribution in [2.75, 3.05) is 12.3 Å². The van der Waals surface area contributed by atoms with Crippen molar-refractivity contribution in [2.24, 2.45) is 0 Å². The van der Waals surface area contributed by atoms with Crippen LogP contribution in [0.5, 0.6) is 0 Å². The summed E-state index contributed by atoms with van der Waals surface area (Å²) in [4.78, 5) is 12.6. The molecule has 0 bridgehead atoms. The van der Waals surface area contributed by atoms with Crippen LogP contribution in [0.4, 0.5) is 5.82 Å². The van der Waals surface area contributed by atoms with Gasteiger partial charge in [0.2, 0.25) is 0 Å². The first-order valence-corrected chi connectivity index (χ1v) is 12.1. The number of nitrogen functional groups attached to an aromatic ring is 1. The number of anilines is 1. The number of benzene rings is 2. The lowest BCUT2D eigenvalue weighted by molar-refractivity contribution is 0.00539. The van der Waals surface area contributed by atoms with Crippen molar-refractivity contribution in [3.05, 3.63) is 71.9 Å². The second-order valence-corrected chi connectivity index (χ2v) is 9.26. The summed E-state index contributed by atoms with van der Waals surface area (Å²) in [5.74, 6) is -0.101. The molecule has 3 N–H and O–H groups in total. The number of aromatic nitrogens is 2. The van der Waals surface area contributed by atoms with Crippen LogP contribution in [0, 0.1) is 6.92 Å². The maximum Gasteiger partial charge on any atom is 0.297 e. The SMILES string of the molecule is CC.Cc1ccc(S(=O)(=O)OCC(C)(O)CCC(=O)c2cnn(-c3ccccc3)c2N)cc1. The lowest BCUT2D eigenvalue weighted by atomic mass is 9.98. The number of ketones is 1. The molecule has 33 heavy (non-hydrogen) atoms. The van der Waals surface area contributed by atoms with Crippen molar-refractivity contribution in [3.63, 3.8) is 0 Å². The minimum atomic E-state index is -4.01. The van der Waals surface area contributed by atoms with Crippen molar-refractivity contribution >= 4 is 21.7 Å². The van der Waals surface area contributed by atoms with Gasteiger partial charge in [0.15, 0.2) is 5.78 Å². The third kappa shape index (κ3) is 6.98. The van der Waals surface area contributed by atoms with Gasteiger partial charge in [-0.25, -0.2) is 4.68 Å². The average molecular weight is 474 g/mol. The second kappa shape index (κ2) is 11.2. The van der Waals surface area contributed by atoms with Gasteiger partial charge in [0.05, 0.1) is 34.6 Å². The van der Waals surface area contributed by atoms with Gasteiger partial charge in [-0.2, -0.15) is 13.5 Å². The van der Waals surface area contributed by atoms with Gasteiger partial charge in [-0.05, 0) is 44.5 Å². The lowest BCUT2D eigenvalue weighted by Crippen LogP contribution is -2.32. The van der Waals surface area contributed by atoms with Crippen molar-refractivity contribution in [1.29, 1.82) is 0 Å². The van der Waals surface area contributed by atoms with Crippen LogP contribution in [0.1, 0.15) is 49.5 Å². The summed E-state index contributed by atoms with van der Waals surface area (Å²) in [6.07, 6.45) is 1.33. The Morgan fingerprint density at radius 3 is 2.33 bits per heavy atom. The molecule has 3 rings (SSSR count). The molecule has 0 radical (unpaired) electrons. The monoisotopic (exact) mass is 473 g/mol. The van der Waals surface area contributed by atoms with E-state index in [1.807, 2.05) is 51.1 Å². The molecule has 1 unspecified atom stereocenters. The highest BCUT2D eigenvalue weighted by atomic mass is 32.2. The Labute approximate surface area is 195 Å². The quantitative estimate of drug-likeness (QED) is 0.357. The van der Waals surface area contributed by atoms with Crippen LogP contribution in [0.3, 0.4) is 0 Å². The van der Waals surface area contributed by atoms with E-state index in [0.29, 0.717) is 0 Å². The molecule has 0 aliphatic rings. The Morgan fingerprint density at radius 2 is 1.73 bits per heavy atom. The Hall–Kier alpha value is -3.01. The highest BCUT2D eigenvalue weighted by molar-refractivity contribution is 7.86. The lowest BCUT2D eigenvalue weighted by Gasteiger charge is -2.22. The number of Topliss-reactive ketones (excluding diaryl/α,β-unsaturated/α-hetero) is 1. The molecule has 0 aliphatic carbocycles. The molecule has 1 heterocycles. The van der Waals surface area contributed by atoms with Crippen molar-refractivity contribution in [3.8, 4) is 5.69 Å². The van der Waals surface area contributed by atoms with E-state index in [-0.39, 0.29) is 34.9 Å². The van der Waals surface area contributed by atoms with Crippen LogP contribution >= 0.6 is 0 Å². The number of nitrogens with zero attached hydrogens (tertiary/aromatic N) is 2. The van der Waals surface area contributed by atoms with E-state index in [4.69, 9.17) is 9.92 Å². The van der Waals surface area contributed by atoms with E-state index < -0.39 is 22.3 Å². The molecule has 178 valence electrons. The molecule has 0 saturated heterocycles. The van der Waals surface area contributed by atoms with Gasteiger partial charge in [0, 0.05) is 6.42 Å². The van der Waals surface area contributed by atoms with Crippen molar-refractivity contribution < 1.29 is 22.5 Å². The summed E-state index contributed by atoms with van der Waals surface area (Å²) in [6.45, 7) is 6.78. The van der Waals surface area contributed by atoms with Gasteiger partial charge in [-0.1, -0.05) is 49.7 Å². The van der Waals surface area contributed by atoms with Gasteiger partial charge in [0.1, 0.15) is 5.82 Å². The van der Waals surface area contributed by atoms with Crippen molar-refractivity contribution in [1.82, 2.24) is 9.78 Å². The summed E-state index contributed by atoms with van der Waals surface area (Å²) in [5, 5.41) is 14.7. The Kier molecular flexibility index (Phi) is 8.92. The van der Waals surface area contributed by atoms with Crippen LogP contribution in [-0.4, -0.2) is 41.3 Å². The minimum absolute atomic E-state index is 0.00563. The number of nitrogens with two attached hydrogens (primary N) is 1. The molecule has 0 spiro atoms. The molecule has 8 nitrogen and oxygen atoms in total. The van der Waals surface area contributed by atoms with Crippen LogP contribution in [0.2, 0.25) is 0 Å². The normalized spacial score (nSPS) is 13.0. The fourth-order valence-electron chi connectivity index (χ4n) is 2.91. The van der Waals surface area contributed by atoms with Crippen LogP contribution in [-0.2, 0) is 14.3 Å². The maximum absolute atomic E-state index is 12.6. The third-order valence-electron chi connectivity index (χ3n) is 4.83. The zero-order chi connectivity index (χ0) is 24.6. The zero-order valence-electron chi connectivity index (χ0n) is 19.4. The largest absolute Gasteiger partial charge is 0.388 e. The summed E-state index contributed by atoms with van der Waals surface area (Å²) in [7, 11) is -4.01. The summed E-state index contributed by atoms with van der Waals surface area (Å²) < 4.78 is 31.1. The zero-order valence-corrected chi connectivity index (χ0v) is 20.2. The second-order valence-electron chi connectivity index (χ2n) is 7.64. The molecular weight excluding hydrogens is 442 g/mol. The number of rotatable bonds is 9. The van der Waals surface area contributed by atoms with E-state index in [1.54, 1.807) is 12.1 Å². The van der Waals surface area contributed by atoms with E-state index in [9.17, 15) is 18.3 Å². The van der Waals surface area contributed by atoms with Gasteiger partial charge in [-0.3, -0.25) is 8.98 Å². The molecular formula is C24H31N3O5S. The highest BCUT2D eigenvalue weighted by Crippen LogP contribution is 2.22. The molecule has 1 atom stereocenters. The number of carbonyl (C=O) groups is 1. The highest BCUT2D eigenvalue weighted by Gasteiger charge is 2.27. The first kappa shape index (κ1) is 26.2. The number of para-hydroxylation sites is 1. The predicted octanol–water partition coefficient (Wildman–Crippen LogP) is 3.91. The van der Waals surface area contributed by atoms with Crippen LogP contribution in [0.15, 0.2) is 65.7 Å². The van der Waals surface area contributed by atoms with Gasteiger partial charge in [-0.15, -0.1) is 0 Å². The average Bonchev–Trinajstić information content (AvgIpc) is 3.20. The summed E-state index contributed by atoms with van der Waals surface area (Å²) >= 11 is 0. The van der Waals surface area contributed by atoms with E-state index >= 15 is 0 Å². The fourth-order valence-corrected chi connectivity index (χ4v) is 3.93. The summed E-state index contributed by atoms with van der Waals surface area (Å²) in [5.41, 5.74) is 6.43. The first-order valence-electron chi connectivity index (χ1n) is 10.7. The van der Waals surface area contributed by atoms with Gasteiger partial charge in [0.25, 0.3) is 10.1 Å². The summed E-state index contributed by atoms with van der Waals surface area (Å²) in [6, 6.07) is 15.4. The number of aryl methyl sites for hydroxylation is 1. The molecule has 3 aromatic rings. The number of carbonyl (C=O) groups excluding carboxylic acids is 1. The maximum atomic E-state index is 12.6. The Morgan fingerprint density at radius 1 is 1.12 bits per heavy atom. The molecule has 0 amide bonds. The topological polar surface area (TPSA) is 125 Å². The van der Waals surface area contributed by atoms with Crippen LogP contribution in [0.25, 0.3) is 5.69 Å². The molecule has 2 aromatic carbocycles. The van der Waals surface area contributed by atoms with Crippen LogP contribution < -0.4 is 5.73 Å². The van der Waals surface area contributed by atoms with E-state index in [0.717, 1.165) is 11.3 Å². The molecule has 0 saturated carbocycles. The van der Waals surface area contributed by atoms with Gasteiger partial charge >= 0.3 is 0 Å². The first-order chi connectivity index (χ1) is 15.6.